The fraction of sp³-hybridized carbons (Fsp3) is 0. The van der Waals surface area contributed by atoms with Gasteiger partial charge in [-0.1, -0.05) is 35.1 Å². The van der Waals surface area contributed by atoms with Crippen LogP contribution in [0.4, 0.5) is 10.8 Å². The van der Waals surface area contributed by atoms with Crippen LogP contribution in [0.15, 0.2) is 42.5 Å². The standard InChI is InChI=1S/C14H8ClN3S/c15-10-5-6-12-13(7-10)19-14(18-12)17-11-4-2-1-3-9(11)8-16/h1-7H,(H,17,18). The van der Waals surface area contributed by atoms with Gasteiger partial charge in [-0.15, -0.1) is 0 Å². The fourth-order valence-electron chi connectivity index (χ4n) is 1.76. The lowest BCUT2D eigenvalue weighted by molar-refractivity contribution is 1.42. The monoisotopic (exact) mass is 285 g/mol. The maximum Gasteiger partial charge on any atom is 0.188 e. The van der Waals surface area contributed by atoms with Gasteiger partial charge in [-0.3, -0.25) is 0 Å². The number of halogens is 1. The Kier molecular flexibility index (Phi) is 3.08. The number of hydrogen-bond acceptors (Lipinski definition) is 4. The molecule has 92 valence electrons. The predicted octanol–water partition coefficient (Wildman–Crippen LogP) is 4.56. The summed E-state index contributed by atoms with van der Waals surface area (Å²) in [5, 5.41) is 13.7. The third-order valence-electron chi connectivity index (χ3n) is 2.64. The molecule has 2 aromatic carbocycles. The first-order chi connectivity index (χ1) is 9.26. The highest BCUT2D eigenvalue weighted by molar-refractivity contribution is 7.22. The molecule has 1 heterocycles. The Morgan fingerprint density at radius 3 is 2.89 bits per heavy atom. The number of aromatic nitrogens is 1. The van der Waals surface area contributed by atoms with Crippen LogP contribution in [0.25, 0.3) is 10.2 Å². The molecule has 5 heteroatoms. The first kappa shape index (κ1) is 12.0. The Morgan fingerprint density at radius 1 is 1.21 bits per heavy atom. The second-order valence-corrected chi connectivity index (χ2v) is 5.38. The van der Waals surface area contributed by atoms with Gasteiger partial charge in [-0.05, 0) is 30.3 Å². The Labute approximate surface area is 119 Å². The molecule has 3 aromatic rings. The maximum absolute atomic E-state index is 9.05. The maximum atomic E-state index is 9.05. The summed E-state index contributed by atoms with van der Waals surface area (Å²) in [5.74, 6) is 0. The second-order valence-electron chi connectivity index (χ2n) is 3.91. The van der Waals surface area contributed by atoms with Gasteiger partial charge in [0.2, 0.25) is 0 Å². The zero-order valence-electron chi connectivity index (χ0n) is 9.72. The molecule has 0 spiro atoms. The van der Waals surface area contributed by atoms with E-state index in [1.165, 1.54) is 11.3 Å². The van der Waals surface area contributed by atoms with Crippen LogP contribution in [-0.4, -0.2) is 4.98 Å². The van der Waals surface area contributed by atoms with Gasteiger partial charge in [0.25, 0.3) is 0 Å². The molecule has 0 saturated carbocycles. The van der Waals surface area contributed by atoms with Crippen molar-refractivity contribution in [3.63, 3.8) is 0 Å². The lowest BCUT2D eigenvalue weighted by atomic mass is 10.2. The molecule has 0 unspecified atom stereocenters. The third-order valence-corrected chi connectivity index (χ3v) is 3.81. The van der Waals surface area contributed by atoms with Crippen molar-refractivity contribution in [3.05, 3.63) is 53.1 Å². The van der Waals surface area contributed by atoms with Gasteiger partial charge in [-0.2, -0.15) is 5.26 Å². The molecule has 0 aliphatic heterocycles. The average molecular weight is 286 g/mol. The minimum atomic E-state index is 0.597. The number of thiazole rings is 1. The Hall–Kier alpha value is -2.09. The van der Waals surface area contributed by atoms with Crippen molar-refractivity contribution in [1.82, 2.24) is 4.98 Å². The van der Waals surface area contributed by atoms with E-state index in [2.05, 4.69) is 16.4 Å². The van der Waals surface area contributed by atoms with E-state index in [4.69, 9.17) is 16.9 Å². The van der Waals surface area contributed by atoms with Gasteiger partial charge in [0.15, 0.2) is 5.13 Å². The number of rotatable bonds is 2. The number of benzene rings is 2. The molecule has 0 amide bonds. The van der Waals surface area contributed by atoms with Crippen molar-refractivity contribution in [2.75, 3.05) is 5.32 Å². The number of anilines is 2. The molecule has 1 N–H and O–H groups in total. The normalized spacial score (nSPS) is 10.3. The molecule has 1 aromatic heterocycles. The Morgan fingerprint density at radius 2 is 2.05 bits per heavy atom. The molecule has 19 heavy (non-hydrogen) atoms. The van der Waals surface area contributed by atoms with E-state index >= 15 is 0 Å². The van der Waals surface area contributed by atoms with Crippen molar-refractivity contribution in [1.29, 1.82) is 5.26 Å². The highest BCUT2D eigenvalue weighted by atomic mass is 35.5. The predicted molar refractivity (Wildman–Crippen MR) is 79.1 cm³/mol. The van der Waals surface area contributed by atoms with Gasteiger partial charge in [-0.25, -0.2) is 4.98 Å². The smallest absolute Gasteiger partial charge is 0.188 e. The first-order valence-corrected chi connectivity index (χ1v) is 6.78. The first-order valence-electron chi connectivity index (χ1n) is 5.58. The van der Waals surface area contributed by atoms with E-state index in [1.807, 2.05) is 36.4 Å². The highest BCUT2D eigenvalue weighted by Crippen LogP contribution is 2.30. The Bertz CT molecular complexity index is 789. The van der Waals surface area contributed by atoms with Crippen molar-refractivity contribution in [3.8, 4) is 6.07 Å². The van der Waals surface area contributed by atoms with Gasteiger partial charge in [0, 0.05) is 5.02 Å². The fourth-order valence-corrected chi connectivity index (χ4v) is 2.91. The molecule has 0 bridgehead atoms. The summed E-state index contributed by atoms with van der Waals surface area (Å²) in [7, 11) is 0. The van der Waals surface area contributed by atoms with Crippen LogP contribution in [0.1, 0.15) is 5.56 Å². The van der Waals surface area contributed by atoms with Crippen LogP contribution in [-0.2, 0) is 0 Å². The van der Waals surface area contributed by atoms with E-state index in [9.17, 15) is 0 Å². The van der Waals surface area contributed by atoms with E-state index < -0.39 is 0 Å². The van der Waals surface area contributed by atoms with Crippen LogP contribution in [0.5, 0.6) is 0 Å². The van der Waals surface area contributed by atoms with Crippen molar-refractivity contribution < 1.29 is 0 Å². The van der Waals surface area contributed by atoms with Gasteiger partial charge in [0.05, 0.1) is 21.5 Å². The van der Waals surface area contributed by atoms with E-state index in [1.54, 1.807) is 6.07 Å². The molecule has 0 atom stereocenters. The molecule has 0 aliphatic rings. The molecule has 0 fully saturated rings. The number of nitrogens with zero attached hydrogens (tertiary/aromatic N) is 2. The van der Waals surface area contributed by atoms with E-state index in [0.29, 0.717) is 10.6 Å². The molecule has 0 saturated heterocycles. The summed E-state index contributed by atoms with van der Waals surface area (Å²) in [6.45, 7) is 0. The Balaban J connectivity index is 1.99. The number of hydrogen-bond donors (Lipinski definition) is 1. The van der Waals surface area contributed by atoms with Crippen LogP contribution in [0, 0.1) is 11.3 Å². The molecular formula is C14H8ClN3S. The van der Waals surface area contributed by atoms with Crippen molar-refractivity contribution >= 4 is 44.0 Å². The molecule has 0 radical (unpaired) electrons. The summed E-state index contributed by atoms with van der Waals surface area (Å²) in [6, 6.07) is 15.1. The lowest BCUT2D eigenvalue weighted by Gasteiger charge is -2.03. The SMILES string of the molecule is N#Cc1ccccc1Nc1nc2ccc(Cl)cc2s1. The molecule has 0 aliphatic carbocycles. The van der Waals surface area contributed by atoms with Crippen LogP contribution >= 0.6 is 22.9 Å². The summed E-state index contributed by atoms with van der Waals surface area (Å²) < 4.78 is 1.02. The van der Waals surface area contributed by atoms with Crippen LogP contribution < -0.4 is 5.32 Å². The minimum Gasteiger partial charge on any atom is -0.330 e. The van der Waals surface area contributed by atoms with E-state index in [0.717, 1.165) is 21.0 Å². The lowest BCUT2D eigenvalue weighted by Crippen LogP contribution is -1.92. The van der Waals surface area contributed by atoms with Gasteiger partial charge < -0.3 is 5.32 Å². The largest absolute Gasteiger partial charge is 0.330 e. The number of nitrogens with one attached hydrogen (secondary N) is 1. The molecular weight excluding hydrogens is 278 g/mol. The summed E-state index contributed by atoms with van der Waals surface area (Å²) in [5.41, 5.74) is 2.25. The number of fused-ring (bicyclic) bond motifs is 1. The summed E-state index contributed by atoms with van der Waals surface area (Å²) >= 11 is 7.46. The van der Waals surface area contributed by atoms with Crippen LogP contribution in [0.3, 0.4) is 0 Å². The quantitative estimate of drug-likeness (QED) is 0.750. The topological polar surface area (TPSA) is 48.7 Å². The minimum absolute atomic E-state index is 0.597. The van der Waals surface area contributed by atoms with E-state index in [-0.39, 0.29) is 0 Å². The average Bonchev–Trinajstić information content (AvgIpc) is 2.80. The van der Waals surface area contributed by atoms with Crippen molar-refractivity contribution in [2.45, 2.75) is 0 Å². The van der Waals surface area contributed by atoms with Gasteiger partial charge >= 0.3 is 0 Å². The third kappa shape index (κ3) is 2.39. The number of para-hydroxylation sites is 1. The van der Waals surface area contributed by atoms with Crippen molar-refractivity contribution in [2.24, 2.45) is 0 Å². The molecule has 3 rings (SSSR count). The zero-order valence-corrected chi connectivity index (χ0v) is 11.3. The molecule has 3 nitrogen and oxygen atoms in total. The zero-order chi connectivity index (χ0) is 13.2. The van der Waals surface area contributed by atoms with Crippen LogP contribution in [0.2, 0.25) is 5.02 Å². The summed E-state index contributed by atoms with van der Waals surface area (Å²) in [4.78, 5) is 4.46. The van der Waals surface area contributed by atoms with Gasteiger partial charge in [0.1, 0.15) is 6.07 Å². The summed E-state index contributed by atoms with van der Waals surface area (Å²) in [6.07, 6.45) is 0. The second kappa shape index (κ2) is 4.88. The highest BCUT2D eigenvalue weighted by Gasteiger charge is 2.06. The number of nitriles is 1.